The van der Waals surface area contributed by atoms with Gasteiger partial charge in [0.2, 0.25) is 0 Å². The third-order valence-corrected chi connectivity index (χ3v) is 4.37. The zero-order valence-corrected chi connectivity index (χ0v) is 14.1. The molecule has 5 nitrogen and oxygen atoms in total. The number of hydrogen-bond acceptors (Lipinski definition) is 3. The first-order valence-electron chi connectivity index (χ1n) is 8.41. The van der Waals surface area contributed by atoms with Crippen LogP contribution in [0.5, 0.6) is 0 Å². The zero-order valence-electron chi connectivity index (χ0n) is 14.1. The van der Waals surface area contributed by atoms with Gasteiger partial charge in [0.05, 0.1) is 12.6 Å². The minimum Gasteiger partial charge on any atom is -0.344 e. The molecular weight excluding hydrogens is 307 g/mol. The van der Waals surface area contributed by atoms with Crippen LogP contribution in [0.15, 0.2) is 30.5 Å². The number of benzene rings is 1. The number of carbonyl (C=O) groups is 1. The van der Waals surface area contributed by atoms with Crippen LogP contribution in [-0.4, -0.2) is 33.4 Å². The molecule has 0 saturated carbocycles. The van der Waals surface area contributed by atoms with Gasteiger partial charge in [0.1, 0.15) is 17.3 Å². The second-order valence-electron chi connectivity index (χ2n) is 6.26. The van der Waals surface area contributed by atoms with Gasteiger partial charge in [-0.2, -0.15) is 0 Å². The summed E-state index contributed by atoms with van der Waals surface area (Å²) < 4.78 is 15.1. The molecule has 1 aromatic heterocycles. The summed E-state index contributed by atoms with van der Waals surface area (Å²) in [5, 5.41) is 2.93. The van der Waals surface area contributed by atoms with Crippen molar-refractivity contribution in [3.05, 3.63) is 53.4 Å². The Morgan fingerprint density at radius 3 is 2.79 bits per heavy atom. The average Bonchev–Trinajstić information content (AvgIpc) is 2.99. The van der Waals surface area contributed by atoms with Gasteiger partial charge in [0.25, 0.3) is 5.91 Å². The largest absolute Gasteiger partial charge is 0.344 e. The van der Waals surface area contributed by atoms with Crippen LogP contribution < -0.4 is 5.32 Å². The highest BCUT2D eigenvalue weighted by atomic mass is 19.1. The summed E-state index contributed by atoms with van der Waals surface area (Å²) in [6.45, 7) is 7.74. The highest BCUT2D eigenvalue weighted by Gasteiger charge is 2.21. The molecule has 0 radical (unpaired) electrons. The van der Waals surface area contributed by atoms with E-state index in [1.54, 1.807) is 12.1 Å². The fourth-order valence-corrected chi connectivity index (χ4v) is 3.02. The Morgan fingerprint density at radius 2 is 2.08 bits per heavy atom. The molecule has 0 saturated heterocycles. The van der Waals surface area contributed by atoms with Gasteiger partial charge in [-0.15, -0.1) is 0 Å². The van der Waals surface area contributed by atoms with E-state index in [1.165, 1.54) is 12.1 Å². The fraction of sp³-hybridized carbons (Fsp3) is 0.444. The van der Waals surface area contributed by atoms with Gasteiger partial charge in [-0.1, -0.05) is 19.1 Å². The van der Waals surface area contributed by atoms with Crippen molar-refractivity contribution in [2.24, 2.45) is 0 Å². The highest BCUT2D eigenvalue weighted by molar-refractivity contribution is 5.92. The quantitative estimate of drug-likeness (QED) is 0.917. The first-order chi connectivity index (χ1) is 11.6. The molecule has 1 aliphatic rings. The van der Waals surface area contributed by atoms with Crippen LogP contribution in [0.1, 0.15) is 48.2 Å². The molecule has 128 valence electrons. The van der Waals surface area contributed by atoms with E-state index < -0.39 is 0 Å². The van der Waals surface area contributed by atoms with Crippen molar-refractivity contribution in [1.29, 1.82) is 0 Å². The van der Waals surface area contributed by atoms with Crippen LogP contribution in [0.25, 0.3) is 0 Å². The number of imidazole rings is 1. The summed E-state index contributed by atoms with van der Waals surface area (Å²) in [6.07, 6.45) is 2.94. The second-order valence-corrected chi connectivity index (χ2v) is 6.26. The van der Waals surface area contributed by atoms with Gasteiger partial charge < -0.3 is 9.88 Å². The maximum Gasteiger partial charge on any atom is 0.271 e. The van der Waals surface area contributed by atoms with E-state index in [0.717, 1.165) is 44.0 Å². The average molecular weight is 330 g/mol. The molecule has 1 aliphatic heterocycles. The van der Waals surface area contributed by atoms with E-state index in [1.807, 2.05) is 13.1 Å². The Morgan fingerprint density at radius 1 is 1.33 bits per heavy atom. The van der Waals surface area contributed by atoms with Crippen molar-refractivity contribution < 1.29 is 9.18 Å². The lowest BCUT2D eigenvalue weighted by molar-refractivity contribution is 0.0935. The summed E-state index contributed by atoms with van der Waals surface area (Å²) in [4.78, 5) is 19.3. The van der Waals surface area contributed by atoms with Gasteiger partial charge in [-0.05, 0) is 37.6 Å². The van der Waals surface area contributed by atoms with Gasteiger partial charge in [0, 0.05) is 19.3 Å². The molecule has 24 heavy (non-hydrogen) atoms. The number of nitrogens with one attached hydrogen (secondary N) is 1. The summed E-state index contributed by atoms with van der Waals surface area (Å²) >= 11 is 0. The minimum atomic E-state index is -0.282. The Labute approximate surface area is 141 Å². The van der Waals surface area contributed by atoms with Crippen LogP contribution in [0.2, 0.25) is 0 Å². The van der Waals surface area contributed by atoms with Crippen molar-refractivity contribution in [2.75, 3.05) is 13.1 Å². The number of amides is 1. The van der Waals surface area contributed by atoms with Crippen molar-refractivity contribution in [2.45, 2.75) is 39.4 Å². The number of rotatable bonds is 5. The maximum atomic E-state index is 13.0. The third kappa shape index (κ3) is 3.64. The molecule has 2 heterocycles. The Kier molecular flexibility index (Phi) is 4.94. The molecule has 6 heteroatoms. The zero-order chi connectivity index (χ0) is 17.1. The summed E-state index contributed by atoms with van der Waals surface area (Å²) in [5.74, 6) is 0.459. The van der Waals surface area contributed by atoms with E-state index in [-0.39, 0.29) is 17.8 Å². The lowest BCUT2D eigenvalue weighted by Crippen LogP contribution is -2.34. The Balaban J connectivity index is 1.66. The standard InChI is InChI=1S/C18H23FN4O/c1-3-8-22-9-10-23-11-16(21-17(23)12-22)18(24)20-13(2)14-4-6-15(19)7-5-14/h4-7,11,13H,3,8-10,12H2,1-2H3,(H,20,24). The molecule has 1 unspecified atom stereocenters. The van der Waals surface area contributed by atoms with Gasteiger partial charge in [0.15, 0.2) is 0 Å². The van der Waals surface area contributed by atoms with E-state index >= 15 is 0 Å². The molecule has 1 aromatic carbocycles. The second kappa shape index (κ2) is 7.13. The summed E-state index contributed by atoms with van der Waals surface area (Å²) in [7, 11) is 0. The van der Waals surface area contributed by atoms with Crippen molar-refractivity contribution in [1.82, 2.24) is 19.8 Å². The Bertz CT molecular complexity index is 710. The number of nitrogens with zero attached hydrogens (tertiary/aromatic N) is 3. The summed E-state index contributed by atoms with van der Waals surface area (Å²) in [5.41, 5.74) is 1.31. The van der Waals surface area contributed by atoms with E-state index in [4.69, 9.17) is 0 Å². The predicted molar refractivity (Wildman–Crippen MR) is 90.1 cm³/mol. The Hall–Kier alpha value is -2.21. The highest BCUT2D eigenvalue weighted by Crippen LogP contribution is 2.16. The first-order valence-corrected chi connectivity index (χ1v) is 8.41. The van der Waals surface area contributed by atoms with Crippen LogP contribution in [0, 0.1) is 5.82 Å². The molecule has 0 aliphatic carbocycles. The van der Waals surface area contributed by atoms with Crippen LogP contribution >= 0.6 is 0 Å². The first kappa shape index (κ1) is 16.6. The number of hydrogen-bond donors (Lipinski definition) is 1. The minimum absolute atomic E-state index is 0.198. The predicted octanol–water partition coefficient (Wildman–Crippen LogP) is 2.74. The monoisotopic (exact) mass is 330 g/mol. The SMILES string of the molecule is CCCN1CCn2cc(C(=O)NC(C)c3ccc(F)cc3)nc2C1. The summed E-state index contributed by atoms with van der Waals surface area (Å²) in [6, 6.07) is 5.96. The van der Waals surface area contributed by atoms with E-state index in [2.05, 4.69) is 26.7 Å². The van der Waals surface area contributed by atoms with Crippen molar-refractivity contribution in [3.8, 4) is 0 Å². The van der Waals surface area contributed by atoms with Gasteiger partial charge in [-0.3, -0.25) is 9.69 Å². The van der Waals surface area contributed by atoms with E-state index in [0.29, 0.717) is 5.69 Å². The maximum absolute atomic E-state index is 13.0. The normalized spacial score (nSPS) is 15.8. The lowest BCUT2D eigenvalue weighted by Gasteiger charge is -2.26. The number of carbonyl (C=O) groups excluding carboxylic acids is 1. The van der Waals surface area contributed by atoms with Crippen molar-refractivity contribution >= 4 is 5.91 Å². The van der Waals surface area contributed by atoms with Crippen molar-refractivity contribution in [3.63, 3.8) is 0 Å². The van der Waals surface area contributed by atoms with Crippen LogP contribution in [0.4, 0.5) is 4.39 Å². The number of fused-ring (bicyclic) bond motifs is 1. The lowest BCUT2D eigenvalue weighted by atomic mass is 10.1. The fourth-order valence-electron chi connectivity index (χ4n) is 3.02. The smallest absolute Gasteiger partial charge is 0.271 e. The molecular formula is C18H23FN4O. The number of halogens is 1. The molecule has 0 fully saturated rings. The number of aromatic nitrogens is 2. The van der Waals surface area contributed by atoms with Gasteiger partial charge in [-0.25, -0.2) is 9.37 Å². The molecule has 0 bridgehead atoms. The molecule has 1 atom stereocenters. The molecule has 2 aromatic rings. The topological polar surface area (TPSA) is 50.2 Å². The third-order valence-electron chi connectivity index (χ3n) is 4.37. The molecule has 1 amide bonds. The van der Waals surface area contributed by atoms with Crippen LogP contribution in [-0.2, 0) is 13.1 Å². The van der Waals surface area contributed by atoms with Gasteiger partial charge >= 0.3 is 0 Å². The molecule has 1 N–H and O–H groups in total. The molecule has 3 rings (SSSR count). The molecule has 0 spiro atoms. The van der Waals surface area contributed by atoms with E-state index in [9.17, 15) is 9.18 Å². The van der Waals surface area contributed by atoms with Crippen LogP contribution in [0.3, 0.4) is 0 Å².